The number of aryl methyl sites for hydroxylation is 1. The quantitative estimate of drug-likeness (QED) is 0.187. The van der Waals surface area contributed by atoms with Crippen LogP contribution in [0, 0.1) is 18.8 Å². The molecule has 9 nitrogen and oxygen atoms in total. The number of amides is 3. The van der Waals surface area contributed by atoms with Gasteiger partial charge in [-0.15, -0.1) is 0 Å². The Balaban J connectivity index is 2.70. The Bertz CT molecular complexity index is 1360. The fourth-order valence-electron chi connectivity index (χ4n) is 5.49. The van der Waals surface area contributed by atoms with Crippen molar-refractivity contribution in [2.75, 3.05) is 0 Å². The van der Waals surface area contributed by atoms with E-state index in [4.69, 9.17) is 9.47 Å². The van der Waals surface area contributed by atoms with E-state index in [-0.39, 0.29) is 12.3 Å². The van der Waals surface area contributed by atoms with Crippen LogP contribution in [0.4, 0.5) is 4.79 Å². The van der Waals surface area contributed by atoms with Crippen molar-refractivity contribution in [2.24, 2.45) is 11.8 Å². The second-order valence-electron chi connectivity index (χ2n) is 16.0. The molecule has 0 fully saturated rings. The maximum Gasteiger partial charge on any atom is 0.408 e. The molecule has 0 aliphatic heterocycles. The molecule has 4 unspecified atom stereocenters. The van der Waals surface area contributed by atoms with Gasteiger partial charge in [-0.3, -0.25) is 9.59 Å². The number of rotatable bonds is 15. The van der Waals surface area contributed by atoms with Crippen LogP contribution in [0.1, 0.15) is 118 Å². The Kier molecular flexibility index (Phi) is 15.3. The van der Waals surface area contributed by atoms with E-state index in [1.807, 2.05) is 82.3 Å². The van der Waals surface area contributed by atoms with Crippen LogP contribution < -0.4 is 10.6 Å². The summed E-state index contributed by atoms with van der Waals surface area (Å²) in [4.78, 5) is 57.8. The van der Waals surface area contributed by atoms with Crippen molar-refractivity contribution >= 4 is 23.9 Å². The normalized spacial score (nSPS) is 14.4. The number of alkyl carbamates (subject to hydrolysis) is 1. The molecule has 0 radical (unpaired) electrons. The molecular weight excluding hydrogens is 618 g/mol. The van der Waals surface area contributed by atoms with Crippen LogP contribution in [-0.2, 0) is 30.3 Å². The van der Waals surface area contributed by atoms with Gasteiger partial charge in [0.25, 0.3) is 0 Å². The van der Waals surface area contributed by atoms with Crippen molar-refractivity contribution in [1.82, 2.24) is 15.5 Å². The number of esters is 1. The summed E-state index contributed by atoms with van der Waals surface area (Å²) in [6.07, 6.45) is 1.28. The standard InChI is InChI=1S/C40H61N3O6/c1-26(2)18-21-29(6)43(36(45)32(24-27(3)4)42-38(47)49-40(10,11)12)34(31-22-19-28(5)20-23-31)35(44)41-33(37(46)48-39(7,8)9)25-30-16-14-13-15-17-30/h13-17,19-20,22-23,26-27,29,32-34H,18,21,24-25H2,1-12H3,(H,41,44)(H,42,47). The first-order valence-electron chi connectivity index (χ1n) is 17.6. The molecule has 272 valence electrons. The van der Waals surface area contributed by atoms with E-state index in [0.29, 0.717) is 24.3 Å². The topological polar surface area (TPSA) is 114 Å². The predicted molar refractivity (Wildman–Crippen MR) is 195 cm³/mol. The van der Waals surface area contributed by atoms with Crippen molar-refractivity contribution in [1.29, 1.82) is 0 Å². The zero-order chi connectivity index (χ0) is 37.1. The molecule has 0 saturated carbocycles. The van der Waals surface area contributed by atoms with Gasteiger partial charge in [-0.25, -0.2) is 9.59 Å². The van der Waals surface area contributed by atoms with Crippen LogP contribution in [0.3, 0.4) is 0 Å². The summed E-state index contributed by atoms with van der Waals surface area (Å²) in [6, 6.07) is 13.4. The Hall–Kier alpha value is -3.88. The molecular formula is C40H61N3O6. The third-order valence-corrected chi connectivity index (χ3v) is 7.80. The van der Waals surface area contributed by atoms with Gasteiger partial charge in [0.1, 0.15) is 29.3 Å². The molecule has 0 bridgehead atoms. The fourth-order valence-corrected chi connectivity index (χ4v) is 5.49. The lowest BCUT2D eigenvalue weighted by molar-refractivity contribution is -0.159. The Labute approximate surface area is 294 Å². The van der Waals surface area contributed by atoms with Crippen LogP contribution in [-0.4, -0.2) is 58.1 Å². The third kappa shape index (κ3) is 14.6. The van der Waals surface area contributed by atoms with Crippen LogP contribution in [0.2, 0.25) is 0 Å². The van der Waals surface area contributed by atoms with Gasteiger partial charge in [-0.1, -0.05) is 87.9 Å². The highest BCUT2D eigenvalue weighted by Crippen LogP contribution is 2.29. The largest absolute Gasteiger partial charge is 0.458 e. The summed E-state index contributed by atoms with van der Waals surface area (Å²) in [5, 5.41) is 5.81. The number of nitrogens with zero attached hydrogens (tertiary/aromatic N) is 1. The maximum absolute atomic E-state index is 14.8. The fraction of sp³-hybridized carbons (Fsp3) is 0.600. The molecule has 0 aromatic heterocycles. The summed E-state index contributed by atoms with van der Waals surface area (Å²) in [5.74, 6) is -1.07. The second kappa shape index (κ2) is 18.2. The van der Waals surface area contributed by atoms with Gasteiger partial charge < -0.3 is 25.0 Å². The number of nitrogens with one attached hydrogen (secondary N) is 2. The lowest BCUT2D eigenvalue weighted by atomic mass is 9.94. The Morgan fingerprint density at radius 1 is 0.714 bits per heavy atom. The van der Waals surface area contributed by atoms with Crippen molar-refractivity contribution < 1.29 is 28.7 Å². The predicted octanol–water partition coefficient (Wildman–Crippen LogP) is 7.70. The average Bonchev–Trinajstić information content (AvgIpc) is 2.96. The van der Waals surface area contributed by atoms with Gasteiger partial charge >= 0.3 is 12.1 Å². The Morgan fingerprint density at radius 2 is 1.29 bits per heavy atom. The van der Waals surface area contributed by atoms with E-state index < -0.39 is 59.2 Å². The zero-order valence-electron chi connectivity index (χ0n) is 31.9. The van der Waals surface area contributed by atoms with E-state index in [9.17, 15) is 19.2 Å². The zero-order valence-corrected chi connectivity index (χ0v) is 31.9. The molecule has 0 spiro atoms. The average molecular weight is 680 g/mol. The smallest absolute Gasteiger partial charge is 0.408 e. The highest BCUT2D eigenvalue weighted by molar-refractivity contribution is 5.94. The minimum atomic E-state index is -1.11. The van der Waals surface area contributed by atoms with Crippen molar-refractivity contribution in [3.05, 3.63) is 71.3 Å². The first-order chi connectivity index (χ1) is 22.7. The highest BCUT2D eigenvalue weighted by Gasteiger charge is 2.40. The minimum absolute atomic E-state index is 0.0470. The third-order valence-electron chi connectivity index (χ3n) is 7.80. The van der Waals surface area contributed by atoms with Crippen molar-refractivity contribution in [3.8, 4) is 0 Å². The van der Waals surface area contributed by atoms with Gasteiger partial charge in [0.05, 0.1) is 0 Å². The molecule has 49 heavy (non-hydrogen) atoms. The number of carbonyl (C=O) groups excluding carboxylic acids is 4. The molecule has 2 aromatic carbocycles. The lowest BCUT2D eigenvalue weighted by Crippen LogP contribution is -2.57. The van der Waals surface area contributed by atoms with Crippen molar-refractivity contribution in [2.45, 2.75) is 144 Å². The van der Waals surface area contributed by atoms with Gasteiger partial charge in [0.15, 0.2) is 0 Å². The van der Waals surface area contributed by atoms with Gasteiger partial charge in [-0.05, 0) is 97.6 Å². The molecule has 0 aliphatic rings. The summed E-state index contributed by atoms with van der Waals surface area (Å²) in [5.41, 5.74) is 0.893. The lowest BCUT2D eigenvalue weighted by Gasteiger charge is -2.39. The first kappa shape index (κ1) is 41.3. The van der Waals surface area contributed by atoms with E-state index in [1.54, 1.807) is 46.4 Å². The van der Waals surface area contributed by atoms with Gasteiger partial charge in [-0.2, -0.15) is 0 Å². The molecule has 9 heteroatoms. The minimum Gasteiger partial charge on any atom is -0.458 e. The van der Waals surface area contributed by atoms with E-state index in [0.717, 1.165) is 17.5 Å². The molecule has 0 heterocycles. The number of hydrogen-bond donors (Lipinski definition) is 2. The number of carbonyl (C=O) groups is 4. The summed E-state index contributed by atoms with van der Waals surface area (Å²) < 4.78 is 11.3. The molecule has 2 N–H and O–H groups in total. The molecule has 0 aliphatic carbocycles. The summed E-state index contributed by atoms with van der Waals surface area (Å²) >= 11 is 0. The SMILES string of the molecule is Cc1ccc(C(C(=O)NC(Cc2ccccc2)C(=O)OC(C)(C)C)N(C(=O)C(CC(C)C)NC(=O)OC(C)(C)C)C(C)CCC(C)C)cc1. The van der Waals surface area contributed by atoms with E-state index in [2.05, 4.69) is 24.5 Å². The van der Waals surface area contributed by atoms with E-state index >= 15 is 0 Å². The van der Waals surface area contributed by atoms with Gasteiger partial charge in [0.2, 0.25) is 11.8 Å². The summed E-state index contributed by atoms with van der Waals surface area (Å²) in [7, 11) is 0. The highest BCUT2D eigenvalue weighted by atomic mass is 16.6. The first-order valence-corrected chi connectivity index (χ1v) is 17.6. The van der Waals surface area contributed by atoms with Crippen LogP contribution in [0.25, 0.3) is 0 Å². The van der Waals surface area contributed by atoms with Crippen LogP contribution in [0.15, 0.2) is 54.6 Å². The van der Waals surface area contributed by atoms with Crippen molar-refractivity contribution in [3.63, 3.8) is 0 Å². The molecule has 4 atom stereocenters. The van der Waals surface area contributed by atoms with Gasteiger partial charge in [0, 0.05) is 12.5 Å². The van der Waals surface area contributed by atoms with Crippen LogP contribution >= 0.6 is 0 Å². The van der Waals surface area contributed by atoms with E-state index in [1.165, 1.54) is 0 Å². The van der Waals surface area contributed by atoms with Crippen LogP contribution in [0.5, 0.6) is 0 Å². The Morgan fingerprint density at radius 3 is 1.80 bits per heavy atom. The molecule has 3 amide bonds. The molecule has 0 saturated heterocycles. The maximum atomic E-state index is 14.8. The molecule has 2 rings (SSSR count). The number of benzene rings is 2. The number of ether oxygens (including phenoxy) is 2. The monoisotopic (exact) mass is 679 g/mol. The number of hydrogen-bond acceptors (Lipinski definition) is 6. The molecule has 2 aromatic rings. The second-order valence-corrected chi connectivity index (χ2v) is 16.0. The summed E-state index contributed by atoms with van der Waals surface area (Å²) in [6.45, 7) is 22.7.